The fourth-order valence-electron chi connectivity index (χ4n) is 2.06. The van der Waals surface area contributed by atoms with Crippen LogP contribution < -0.4 is 5.32 Å². The molecular formula is C16H15N3S. The molecule has 0 atom stereocenters. The standard InChI is InChI=1S/C16H15N3S/c1-20-15-10-6-5-9-14(15)18-16-17-11-12-19(16)13-7-3-2-4-8-13/h2-12H,1H3,(H,17,18). The van der Waals surface area contributed by atoms with Crippen molar-refractivity contribution in [3.05, 3.63) is 67.0 Å². The third-order valence-electron chi connectivity index (χ3n) is 3.03. The highest BCUT2D eigenvalue weighted by Gasteiger charge is 2.07. The largest absolute Gasteiger partial charge is 0.324 e. The van der Waals surface area contributed by atoms with Gasteiger partial charge >= 0.3 is 0 Å². The molecule has 4 heteroatoms. The summed E-state index contributed by atoms with van der Waals surface area (Å²) >= 11 is 1.72. The van der Waals surface area contributed by atoms with E-state index in [2.05, 4.69) is 40.8 Å². The van der Waals surface area contributed by atoms with Gasteiger partial charge in [-0.2, -0.15) is 0 Å². The number of rotatable bonds is 4. The number of benzene rings is 2. The van der Waals surface area contributed by atoms with Crippen molar-refractivity contribution < 1.29 is 0 Å². The van der Waals surface area contributed by atoms with Crippen LogP contribution in [-0.2, 0) is 0 Å². The van der Waals surface area contributed by atoms with Gasteiger partial charge in [0.2, 0.25) is 5.95 Å². The number of nitrogens with zero attached hydrogens (tertiary/aromatic N) is 2. The lowest BCUT2D eigenvalue weighted by Gasteiger charge is -2.12. The maximum Gasteiger partial charge on any atom is 0.212 e. The molecule has 0 radical (unpaired) electrons. The van der Waals surface area contributed by atoms with E-state index in [1.807, 2.05) is 41.1 Å². The summed E-state index contributed by atoms with van der Waals surface area (Å²) in [5.41, 5.74) is 2.16. The average molecular weight is 281 g/mol. The molecule has 1 N–H and O–H groups in total. The van der Waals surface area contributed by atoms with Gasteiger partial charge in [0.25, 0.3) is 0 Å². The predicted molar refractivity (Wildman–Crippen MR) is 85.1 cm³/mol. The summed E-state index contributed by atoms with van der Waals surface area (Å²) < 4.78 is 2.04. The molecule has 1 aromatic heterocycles. The van der Waals surface area contributed by atoms with Crippen molar-refractivity contribution in [2.24, 2.45) is 0 Å². The number of nitrogens with one attached hydrogen (secondary N) is 1. The van der Waals surface area contributed by atoms with E-state index >= 15 is 0 Å². The van der Waals surface area contributed by atoms with E-state index < -0.39 is 0 Å². The normalized spacial score (nSPS) is 10.4. The van der Waals surface area contributed by atoms with E-state index in [1.165, 1.54) is 4.90 Å². The molecule has 3 aromatic rings. The Morgan fingerprint density at radius 1 is 1.00 bits per heavy atom. The lowest BCUT2D eigenvalue weighted by atomic mass is 10.3. The summed E-state index contributed by atoms with van der Waals surface area (Å²) in [5.74, 6) is 0.817. The first-order chi connectivity index (χ1) is 9.88. The first kappa shape index (κ1) is 12.8. The summed E-state index contributed by atoms with van der Waals surface area (Å²) in [6.07, 6.45) is 5.83. The minimum absolute atomic E-state index is 0.817. The van der Waals surface area contributed by atoms with Crippen molar-refractivity contribution >= 4 is 23.4 Å². The Bertz CT molecular complexity index is 692. The average Bonchev–Trinajstić information content (AvgIpc) is 2.97. The minimum atomic E-state index is 0.817. The molecule has 1 heterocycles. The maximum absolute atomic E-state index is 4.41. The van der Waals surface area contributed by atoms with Crippen LogP contribution in [0.1, 0.15) is 0 Å². The zero-order chi connectivity index (χ0) is 13.8. The van der Waals surface area contributed by atoms with E-state index in [0.717, 1.165) is 17.3 Å². The number of thioether (sulfide) groups is 1. The molecule has 0 amide bonds. The van der Waals surface area contributed by atoms with Crippen LogP contribution >= 0.6 is 11.8 Å². The molecule has 0 aliphatic carbocycles. The molecule has 0 aliphatic heterocycles. The second-order valence-electron chi connectivity index (χ2n) is 4.28. The van der Waals surface area contributed by atoms with Crippen molar-refractivity contribution in [1.82, 2.24) is 9.55 Å². The summed E-state index contributed by atoms with van der Waals surface area (Å²) in [5, 5.41) is 3.40. The van der Waals surface area contributed by atoms with Gasteiger partial charge in [0, 0.05) is 23.0 Å². The highest BCUT2D eigenvalue weighted by Crippen LogP contribution is 2.27. The number of hydrogen-bond acceptors (Lipinski definition) is 3. The first-order valence-electron chi connectivity index (χ1n) is 6.37. The van der Waals surface area contributed by atoms with Crippen molar-refractivity contribution in [3.63, 3.8) is 0 Å². The van der Waals surface area contributed by atoms with E-state index in [-0.39, 0.29) is 0 Å². The molecule has 0 unspecified atom stereocenters. The van der Waals surface area contributed by atoms with E-state index in [4.69, 9.17) is 0 Å². The Morgan fingerprint density at radius 2 is 1.75 bits per heavy atom. The van der Waals surface area contributed by atoms with Gasteiger partial charge in [-0.1, -0.05) is 30.3 Å². The zero-order valence-electron chi connectivity index (χ0n) is 11.2. The summed E-state index contributed by atoms with van der Waals surface area (Å²) in [6.45, 7) is 0. The predicted octanol–water partition coefficient (Wildman–Crippen LogP) is 4.34. The number of para-hydroxylation sites is 2. The minimum Gasteiger partial charge on any atom is -0.324 e. The molecule has 3 rings (SSSR count). The second kappa shape index (κ2) is 5.84. The van der Waals surface area contributed by atoms with Crippen LogP contribution in [0.5, 0.6) is 0 Å². The van der Waals surface area contributed by atoms with Crippen LogP contribution in [0.25, 0.3) is 5.69 Å². The molecule has 0 aliphatic rings. The van der Waals surface area contributed by atoms with Crippen LogP contribution in [-0.4, -0.2) is 15.8 Å². The third-order valence-corrected chi connectivity index (χ3v) is 3.82. The Morgan fingerprint density at radius 3 is 2.55 bits per heavy atom. The third kappa shape index (κ3) is 2.56. The molecule has 20 heavy (non-hydrogen) atoms. The molecule has 0 saturated heterocycles. The molecule has 0 fully saturated rings. The van der Waals surface area contributed by atoms with Gasteiger partial charge in [-0.05, 0) is 30.5 Å². The smallest absolute Gasteiger partial charge is 0.212 e. The van der Waals surface area contributed by atoms with Crippen molar-refractivity contribution in [2.45, 2.75) is 4.90 Å². The van der Waals surface area contributed by atoms with Gasteiger partial charge in [-0.25, -0.2) is 4.98 Å². The van der Waals surface area contributed by atoms with Crippen LogP contribution in [0.3, 0.4) is 0 Å². The highest BCUT2D eigenvalue weighted by atomic mass is 32.2. The molecule has 3 nitrogen and oxygen atoms in total. The van der Waals surface area contributed by atoms with Gasteiger partial charge in [-0.3, -0.25) is 4.57 Å². The van der Waals surface area contributed by atoms with Gasteiger partial charge < -0.3 is 5.32 Å². The van der Waals surface area contributed by atoms with Gasteiger partial charge in [0.05, 0.1) is 5.69 Å². The van der Waals surface area contributed by atoms with Crippen LogP contribution in [0.2, 0.25) is 0 Å². The summed E-state index contributed by atoms with van der Waals surface area (Å²) in [7, 11) is 0. The lowest BCUT2D eigenvalue weighted by molar-refractivity contribution is 1.06. The molecular weight excluding hydrogens is 266 g/mol. The Labute approximate surface area is 122 Å². The molecule has 100 valence electrons. The monoisotopic (exact) mass is 281 g/mol. The van der Waals surface area contributed by atoms with Gasteiger partial charge in [-0.15, -0.1) is 11.8 Å². The molecule has 0 spiro atoms. The topological polar surface area (TPSA) is 29.9 Å². The van der Waals surface area contributed by atoms with Crippen molar-refractivity contribution in [2.75, 3.05) is 11.6 Å². The van der Waals surface area contributed by atoms with Crippen molar-refractivity contribution in [3.8, 4) is 5.69 Å². The lowest BCUT2D eigenvalue weighted by Crippen LogP contribution is -2.01. The van der Waals surface area contributed by atoms with Crippen molar-refractivity contribution in [1.29, 1.82) is 0 Å². The number of imidazole rings is 1. The Kier molecular flexibility index (Phi) is 3.74. The molecule has 0 bridgehead atoms. The second-order valence-corrected chi connectivity index (χ2v) is 5.13. The van der Waals surface area contributed by atoms with Gasteiger partial charge in [0.1, 0.15) is 0 Å². The van der Waals surface area contributed by atoms with Gasteiger partial charge in [0.15, 0.2) is 0 Å². The van der Waals surface area contributed by atoms with Crippen LogP contribution in [0, 0.1) is 0 Å². The highest BCUT2D eigenvalue weighted by molar-refractivity contribution is 7.98. The molecule has 0 saturated carbocycles. The Hall–Kier alpha value is -2.20. The van der Waals surface area contributed by atoms with E-state index in [0.29, 0.717) is 0 Å². The summed E-state index contributed by atoms with van der Waals surface area (Å²) in [6, 6.07) is 18.4. The Balaban J connectivity index is 1.95. The number of anilines is 2. The van der Waals surface area contributed by atoms with Crippen LogP contribution in [0.4, 0.5) is 11.6 Å². The SMILES string of the molecule is CSc1ccccc1Nc1nccn1-c1ccccc1. The van der Waals surface area contributed by atoms with E-state index in [1.54, 1.807) is 18.0 Å². The number of hydrogen-bond donors (Lipinski definition) is 1. The fraction of sp³-hybridized carbons (Fsp3) is 0.0625. The van der Waals surface area contributed by atoms with E-state index in [9.17, 15) is 0 Å². The van der Waals surface area contributed by atoms with Crippen LogP contribution in [0.15, 0.2) is 71.9 Å². The zero-order valence-corrected chi connectivity index (χ0v) is 12.0. The molecule has 2 aromatic carbocycles. The fourth-order valence-corrected chi connectivity index (χ4v) is 2.61. The quantitative estimate of drug-likeness (QED) is 0.722. The maximum atomic E-state index is 4.41. The first-order valence-corrected chi connectivity index (χ1v) is 7.60. The number of aromatic nitrogens is 2. The summed E-state index contributed by atoms with van der Waals surface area (Å²) in [4.78, 5) is 5.61.